The van der Waals surface area contributed by atoms with Crippen molar-refractivity contribution in [3.63, 3.8) is 0 Å². The molecule has 1 aliphatic carbocycles. The highest BCUT2D eigenvalue weighted by Gasteiger charge is 2.25. The maximum Gasteiger partial charge on any atom is 0.0308 e. The highest BCUT2D eigenvalue weighted by Crippen LogP contribution is 2.42. The number of hydrogen-bond donors (Lipinski definition) is 0. The van der Waals surface area contributed by atoms with Gasteiger partial charge in [-0.3, -0.25) is 4.98 Å². The number of nitrogens with zero attached hydrogens (tertiary/aromatic N) is 1. The second-order valence-electron chi connectivity index (χ2n) is 3.52. The lowest BCUT2D eigenvalue weighted by Crippen LogP contribution is -1.89. The summed E-state index contributed by atoms with van der Waals surface area (Å²) >= 11 is 0. The lowest BCUT2D eigenvalue weighted by atomic mass is 10.0. The van der Waals surface area contributed by atoms with Crippen LogP contribution in [0.2, 0.25) is 0 Å². The Morgan fingerprint density at radius 3 is 2.92 bits per heavy atom. The third kappa shape index (κ3) is 1.27. The van der Waals surface area contributed by atoms with Crippen LogP contribution in [0.1, 0.15) is 36.8 Å². The number of rotatable bonds is 2. The average Bonchev–Trinajstić information content (AvgIpc) is 2.87. The van der Waals surface area contributed by atoms with Crippen molar-refractivity contribution in [2.45, 2.75) is 25.7 Å². The van der Waals surface area contributed by atoms with E-state index in [4.69, 9.17) is 0 Å². The molecule has 2 rings (SSSR count). The van der Waals surface area contributed by atoms with Crippen LogP contribution in [0.15, 0.2) is 25.0 Å². The topological polar surface area (TPSA) is 12.9 Å². The molecule has 0 amide bonds. The second kappa shape index (κ2) is 2.74. The van der Waals surface area contributed by atoms with Gasteiger partial charge in [-0.2, -0.15) is 0 Å². The fourth-order valence-electron chi connectivity index (χ4n) is 1.51. The molecule has 0 saturated heterocycles. The summed E-state index contributed by atoms with van der Waals surface area (Å²) < 4.78 is 0. The smallest absolute Gasteiger partial charge is 0.0308 e. The van der Waals surface area contributed by atoms with Crippen molar-refractivity contribution in [2.24, 2.45) is 0 Å². The minimum Gasteiger partial charge on any atom is -0.264 e. The summed E-state index contributed by atoms with van der Waals surface area (Å²) in [7, 11) is 0. The van der Waals surface area contributed by atoms with Gasteiger partial charge in [-0.05, 0) is 42.9 Å². The molecule has 1 aliphatic rings. The quantitative estimate of drug-likeness (QED) is 0.646. The number of allylic oxidation sites excluding steroid dienone is 1. The highest BCUT2D eigenvalue weighted by molar-refractivity contribution is 5.64. The molecular formula is C11H13N. The summed E-state index contributed by atoms with van der Waals surface area (Å²) in [5.74, 6) is 0.769. The van der Waals surface area contributed by atoms with Crippen LogP contribution in [0.5, 0.6) is 0 Å². The van der Waals surface area contributed by atoms with Gasteiger partial charge in [0.05, 0.1) is 0 Å². The number of aromatic nitrogens is 1. The summed E-state index contributed by atoms with van der Waals surface area (Å²) in [6, 6.07) is 2.07. The molecule has 0 radical (unpaired) electrons. The maximum absolute atomic E-state index is 4.15. The SMILES string of the molecule is C=C(C)c1ccncc1C1CC1. The Labute approximate surface area is 73.1 Å². The van der Waals surface area contributed by atoms with Gasteiger partial charge in [-0.25, -0.2) is 0 Å². The minimum absolute atomic E-state index is 0.769. The molecular weight excluding hydrogens is 146 g/mol. The van der Waals surface area contributed by atoms with Crippen LogP contribution in [0.3, 0.4) is 0 Å². The number of pyridine rings is 1. The first-order chi connectivity index (χ1) is 5.79. The van der Waals surface area contributed by atoms with Crippen molar-refractivity contribution in [3.8, 4) is 0 Å². The Kier molecular flexibility index (Phi) is 1.72. The molecule has 0 atom stereocenters. The summed E-state index contributed by atoms with van der Waals surface area (Å²) in [5.41, 5.74) is 3.84. The first-order valence-electron chi connectivity index (χ1n) is 4.39. The molecule has 12 heavy (non-hydrogen) atoms. The molecule has 1 aromatic rings. The highest BCUT2D eigenvalue weighted by atomic mass is 14.6. The van der Waals surface area contributed by atoms with Crippen molar-refractivity contribution in [1.29, 1.82) is 0 Å². The molecule has 0 spiro atoms. The predicted molar refractivity (Wildman–Crippen MR) is 50.9 cm³/mol. The van der Waals surface area contributed by atoms with Gasteiger partial charge < -0.3 is 0 Å². The second-order valence-corrected chi connectivity index (χ2v) is 3.52. The molecule has 0 bridgehead atoms. The van der Waals surface area contributed by atoms with E-state index in [0.717, 1.165) is 11.5 Å². The molecule has 0 aromatic carbocycles. The molecule has 62 valence electrons. The van der Waals surface area contributed by atoms with Gasteiger partial charge >= 0.3 is 0 Å². The van der Waals surface area contributed by atoms with E-state index < -0.39 is 0 Å². The van der Waals surface area contributed by atoms with Crippen LogP contribution < -0.4 is 0 Å². The van der Waals surface area contributed by atoms with E-state index in [1.165, 1.54) is 24.0 Å². The van der Waals surface area contributed by atoms with Crippen molar-refractivity contribution in [2.75, 3.05) is 0 Å². The van der Waals surface area contributed by atoms with Crippen LogP contribution in [-0.4, -0.2) is 4.98 Å². The molecule has 1 aromatic heterocycles. The molecule has 1 heteroatoms. The first-order valence-corrected chi connectivity index (χ1v) is 4.39. The molecule has 0 N–H and O–H groups in total. The van der Waals surface area contributed by atoms with Gasteiger partial charge in [0.2, 0.25) is 0 Å². The fraction of sp³-hybridized carbons (Fsp3) is 0.364. The van der Waals surface area contributed by atoms with Crippen molar-refractivity contribution in [1.82, 2.24) is 4.98 Å². The minimum atomic E-state index is 0.769. The average molecular weight is 159 g/mol. The lowest BCUT2D eigenvalue weighted by Gasteiger charge is -2.05. The molecule has 1 saturated carbocycles. The predicted octanol–water partition coefficient (Wildman–Crippen LogP) is 2.99. The van der Waals surface area contributed by atoms with Crippen LogP contribution >= 0.6 is 0 Å². The number of hydrogen-bond acceptors (Lipinski definition) is 1. The van der Waals surface area contributed by atoms with E-state index in [1.54, 1.807) is 0 Å². The van der Waals surface area contributed by atoms with Gasteiger partial charge in [-0.15, -0.1) is 0 Å². The van der Waals surface area contributed by atoms with E-state index in [-0.39, 0.29) is 0 Å². The van der Waals surface area contributed by atoms with Gasteiger partial charge in [-0.1, -0.05) is 12.2 Å². The van der Waals surface area contributed by atoms with E-state index in [2.05, 4.69) is 24.6 Å². The van der Waals surface area contributed by atoms with Crippen molar-refractivity contribution in [3.05, 3.63) is 36.2 Å². The summed E-state index contributed by atoms with van der Waals surface area (Å²) in [6.07, 6.45) is 6.48. The first kappa shape index (κ1) is 7.53. The Balaban J connectivity index is 2.43. The molecule has 0 unspecified atom stereocenters. The Morgan fingerprint density at radius 2 is 2.33 bits per heavy atom. The third-order valence-corrected chi connectivity index (χ3v) is 2.33. The van der Waals surface area contributed by atoms with Gasteiger partial charge in [0.25, 0.3) is 0 Å². The summed E-state index contributed by atoms with van der Waals surface area (Å²) in [6.45, 7) is 6.03. The molecule has 1 nitrogen and oxygen atoms in total. The molecule has 0 aliphatic heterocycles. The normalized spacial score (nSPS) is 16.1. The van der Waals surface area contributed by atoms with Crippen LogP contribution in [0, 0.1) is 0 Å². The van der Waals surface area contributed by atoms with Gasteiger partial charge in [0.15, 0.2) is 0 Å². The third-order valence-electron chi connectivity index (χ3n) is 2.33. The summed E-state index contributed by atoms with van der Waals surface area (Å²) in [4.78, 5) is 4.15. The van der Waals surface area contributed by atoms with E-state index >= 15 is 0 Å². The maximum atomic E-state index is 4.15. The Morgan fingerprint density at radius 1 is 1.58 bits per heavy atom. The van der Waals surface area contributed by atoms with Crippen molar-refractivity contribution >= 4 is 5.57 Å². The Hall–Kier alpha value is -1.11. The zero-order valence-corrected chi connectivity index (χ0v) is 7.38. The van der Waals surface area contributed by atoms with Crippen LogP contribution in [0.4, 0.5) is 0 Å². The molecule has 1 heterocycles. The fourth-order valence-corrected chi connectivity index (χ4v) is 1.51. The zero-order valence-electron chi connectivity index (χ0n) is 7.38. The standard InChI is InChI=1S/C11H13N/c1-8(2)10-5-6-12-7-11(10)9-3-4-9/h5-7,9H,1,3-4H2,2H3. The van der Waals surface area contributed by atoms with E-state index in [1.807, 2.05) is 12.4 Å². The van der Waals surface area contributed by atoms with Crippen LogP contribution in [0.25, 0.3) is 5.57 Å². The van der Waals surface area contributed by atoms with E-state index in [9.17, 15) is 0 Å². The largest absolute Gasteiger partial charge is 0.264 e. The van der Waals surface area contributed by atoms with Crippen molar-refractivity contribution < 1.29 is 0 Å². The zero-order chi connectivity index (χ0) is 8.55. The molecule has 1 fully saturated rings. The summed E-state index contributed by atoms with van der Waals surface area (Å²) in [5, 5.41) is 0. The van der Waals surface area contributed by atoms with Crippen LogP contribution in [-0.2, 0) is 0 Å². The lowest BCUT2D eigenvalue weighted by molar-refractivity contribution is 1.08. The Bertz CT molecular complexity index is 311. The van der Waals surface area contributed by atoms with Gasteiger partial charge in [0, 0.05) is 12.4 Å². The monoisotopic (exact) mass is 159 g/mol. The van der Waals surface area contributed by atoms with E-state index in [0.29, 0.717) is 0 Å². The van der Waals surface area contributed by atoms with Gasteiger partial charge in [0.1, 0.15) is 0 Å².